The van der Waals surface area contributed by atoms with Gasteiger partial charge >= 0.3 is 0 Å². The van der Waals surface area contributed by atoms with Crippen molar-refractivity contribution in [3.8, 4) is 11.8 Å². The molecule has 2 aromatic carbocycles. The molecule has 3 heterocycles. The summed E-state index contributed by atoms with van der Waals surface area (Å²) >= 11 is 0. The van der Waals surface area contributed by atoms with E-state index in [-0.39, 0.29) is 34.6 Å². The van der Waals surface area contributed by atoms with Crippen molar-refractivity contribution in [2.24, 2.45) is 5.92 Å². The van der Waals surface area contributed by atoms with Crippen molar-refractivity contribution in [2.45, 2.75) is 51.0 Å². The van der Waals surface area contributed by atoms with Gasteiger partial charge < -0.3 is 21.7 Å². The topological polar surface area (TPSA) is 152 Å². The minimum atomic E-state index is -0.393. The van der Waals surface area contributed by atoms with Crippen LogP contribution in [-0.4, -0.2) is 44.1 Å². The summed E-state index contributed by atoms with van der Waals surface area (Å²) in [5.41, 5.74) is 14.3. The molecule has 0 bridgehead atoms. The number of aryl methyl sites for hydroxylation is 1. The molecule has 6 rings (SSSR count). The van der Waals surface area contributed by atoms with Crippen molar-refractivity contribution in [3.63, 3.8) is 0 Å². The van der Waals surface area contributed by atoms with Gasteiger partial charge in [0.2, 0.25) is 5.95 Å². The molecule has 0 amide bonds. The maximum Gasteiger partial charge on any atom is 0.266 e. The van der Waals surface area contributed by atoms with Crippen LogP contribution in [-0.2, 0) is 6.42 Å². The first-order valence-corrected chi connectivity index (χ1v) is 14.5. The highest BCUT2D eigenvalue weighted by Crippen LogP contribution is 2.43. The molecule has 1 saturated heterocycles. The van der Waals surface area contributed by atoms with Gasteiger partial charge in [0.05, 0.1) is 22.6 Å². The molecule has 0 spiro atoms. The van der Waals surface area contributed by atoms with E-state index < -0.39 is 6.04 Å². The van der Waals surface area contributed by atoms with E-state index >= 15 is 0 Å². The lowest BCUT2D eigenvalue weighted by Crippen LogP contribution is -2.31. The summed E-state index contributed by atoms with van der Waals surface area (Å²) < 4.78 is 1.71. The highest BCUT2D eigenvalue weighted by molar-refractivity contribution is 5.82. The summed E-state index contributed by atoms with van der Waals surface area (Å²) in [6.45, 7) is 3.36. The van der Waals surface area contributed by atoms with Crippen molar-refractivity contribution in [1.29, 1.82) is 5.26 Å². The van der Waals surface area contributed by atoms with Gasteiger partial charge in [0.15, 0.2) is 5.82 Å². The van der Waals surface area contributed by atoms with Gasteiger partial charge in [0, 0.05) is 0 Å². The normalized spacial score (nSPS) is 16.4. The number of hydrogen-bond acceptors (Lipinski definition) is 9. The van der Waals surface area contributed by atoms with Gasteiger partial charge in [-0.15, -0.1) is 0 Å². The molecule has 10 heteroatoms. The molecule has 1 atom stereocenters. The second-order valence-corrected chi connectivity index (χ2v) is 11.0. The van der Waals surface area contributed by atoms with Crippen molar-refractivity contribution in [3.05, 3.63) is 75.8 Å². The van der Waals surface area contributed by atoms with Crippen LogP contribution in [0.4, 0.5) is 17.6 Å². The van der Waals surface area contributed by atoms with Gasteiger partial charge in [-0.2, -0.15) is 15.2 Å². The second kappa shape index (κ2) is 11.6. The Kier molecular flexibility index (Phi) is 7.53. The summed E-state index contributed by atoms with van der Waals surface area (Å²) in [5.74, 6) is 1.000. The maximum atomic E-state index is 14.4. The number of hydrogen-bond donors (Lipinski definition) is 3. The Morgan fingerprint density at radius 2 is 1.78 bits per heavy atom. The maximum absolute atomic E-state index is 14.4. The van der Waals surface area contributed by atoms with Crippen molar-refractivity contribution >= 4 is 28.5 Å². The predicted octanol–water partition coefficient (Wildman–Crippen LogP) is 4.19. The lowest BCUT2D eigenvalue weighted by molar-refractivity contribution is 0.226. The van der Waals surface area contributed by atoms with Crippen LogP contribution in [0, 0.1) is 17.2 Å². The van der Waals surface area contributed by atoms with Gasteiger partial charge in [-0.1, -0.05) is 36.8 Å². The Morgan fingerprint density at radius 1 is 1.00 bits per heavy atom. The third-order valence-electron chi connectivity index (χ3n) is 8.12. The van der Waals surface area contributed by atoms with Crippen LogP contribution < -0.4 is 22.3 Å². The fraction of sp³-hybridized carbons (Fsp3) is 0.387. The molecule has 2 fully saturated rings. The van der Waals surface area contributed by atoms with Crippen LogP contribution in [0.15, 0.2) is 53.3 Å². The fourth-order valence-corrected chi connectivity index (χ4v) is 5.92. The summed E-state index contributed by atoms with van der Waals surface area (Å²) in [4.78, 5) is 30.3. The number of likely N-dealkylation sites (tertiary alicyclic amines) is 1. The Bertz CT molecular complexity index is 1650. The SMILES string of the molecule is N#Cc1c(N)nc(N)nc1NC(c1nc2cccc(CCCN3CCCCC3)c2c(=O)n1-c1ccccc1)C1CC1. The third-order valence-corrected chi connectivity index (χ3v) is 8.12. The zero-order valence-corrected chi connectivity index (χ0v) is 23.1. The van der Waals surface area contributed by atoms with Crippen LogP contribution in [0.3, 0.4) is 0 Å². The molecule has 10 nitrogen and oxygen atoms in total. The Balaban J connectivity index is 1.44. The van der Waals surface area contributed by atoms with Crippen LogP contribution in [0.1, 0.15) is 61.5 Å². The number of aromatic nitrogens is 4. The van der Waals surface area contributed by atoms with Crippen molar-refractivity contribution in [1.82, 2.24) is 24.4 Å². The Labute approximate surface area is 239 Å². The molecule has 5 N–H and O–H groups in total. The lowest BCUT2D eigenvalue weighted by Gasteiger charge is -2.26. The van der Waals surface area contributed by atoms with Crippen LogP contribution in [0.25, 0.3) is 16.6 Å². The molecule has 0 radical (unpaired) electrons. The predicted molar refractivity (Wildman–Crippen MR) is 161 cm³/mol. The van der Waals surface area contributed by atoms with E-state index in [1.807, 2.05) is 42.5 Å². The number of benzene rings is 2. The molecular formula is C31H35N9O. The van der Waals surface area contributed by atoms with E-state index in [1.165, 1.54) is 19.3 Å². The molecular weight excluding hydrogens is 514 g/mol. The number of piperidine rings is 1. The summed E-state index contributed by atoms with van der Waals surface area (Å²) in [6.07, 6.45) is 7.56. The molecule has 1 unspecified atom stereocenters. The zero-order chi connectivity index (χ0) is 28.3. The monoisotopic (exact) mass is 549 g/mol. The molecule has 2 aliphatic rings. The van der Waals surface area contributed by atoms with Crippen LogP contribution in [0.5, 0.6) is 0 Å². The number of rotatable bonds is 9. The van der Waals surface area contributed by atoms with Gasteiger partial charge in [0.1, 0.15) is 23.3 Å². The van der Waals surface area contributed by atoms with Gasteiger partial charge in [-0.25, -0.2) is 4.98 Å². The van der Waals surface area contributed by atoms with Crippen LogP contribution >= 0.6 is 0 Å². The van der Waals surface area contributed by atoms with E-state index in [0.29, 0.717) is 16.7 Å². The van der Waals surface area contributed by atoms with Gasteiger partial charge in [-0.3, -0.25) is 9.36 Å². The first kappa shape index (κ1) is 26.7. The summed E-state index contributed by atoms with van der Waals surface area (Å²) in [6, 6.07) is 17.2. The zero-order valence-electron chi connectivity index (χ0n) is 23.1. The van der Waals surface area contributed by atoms with Gasteiger partial charge in [0.25, 0.3) is 5.56 Å². The number of nitriles is 1. The largest absolute Gasteiger partial charge is 0.382 e. The molecule has 1 aliphatic carbocycles. The lowest BCUT2D eigenvalue weighted by atomic mass is 10.0. The number of nitrogens with two attached hydrogens (primary N) is 2. The highest BCUT2D eigenvalue weighted by atomic mass is 16.1. The minimum Gasteiger partial charge on any atom is -0.382 e. The first-order chi connectivity index (χ1) is 20.0. The van der Waals surface area contributed by atoms with Gasteiger partial charge in [-0.05, 0) is 87.8 Å². The summed E-state index contributed by atoms with van der Waals surface area (Å²) in [7, 11) is 0. The number of nitrogens with zero attached hydrogens (tertiary/aromatic N) is 6. The number of nitrogen functional groups attached to an aromatic ring is 2. The minimum absolute atomic E-state index is 0.0122. The van der Waals surface area contributed by atoms with Crippen molar-refractivity contribution in [2.75, 3.05) is 36.4 Å². The third kappa shape index (κ3) is 5.58. The van der Waals surface area contributed by atoms with E-state index in [1.54, 1.807) is 4.57 Å². The molecule has 4 aromatic rings. The van der Waals surface area contributed by atoms with E-state index in [9.17, 15) is 10.1 Å². The molecule has 1 saturated carbocycles. The summed E-state index contributed by atoms with van der Waals surface area (Å²) in [5, 5.41) is 13.8. The highest BCUT2D eigenvalue weighted by Gasteiger charge is 2.37. The number of nitrogens with one attached hydrogen (secondary N) is 1. The van der Waals surface area contributed by atoms with Crippen molar-refractivity contribution < 1.29 is 0 Å². The molecule has 41 heavy (non-hydrogen) atoms. The Morgan fingerprint density at radius 3 is 2.51 bits per heavy atom. The smallest absolute Gasteiger partial charge is 0.266 e. The number of anilines is 3. The molecule has 2 aromatic heterocycles. The van der Waals surface area contributed by atoms with E-state index in [0.717, 1.165) is 56.6 Å². The fourth-order valence-electron chi connectivity index (χ4n) is 5.92. The molecule has 1 aliphatic heterocycles. The number of fused-ring (bicyclic) bond motifs is 1. The van der Waals surface area contributed by atoms with E-state index in [2.05, 4.69) is 32.3 Å². The standard InChI is InChI=1S/C31H35N9O/c32-19-23-27(33)37-31(34)38-28(23)36-26(21-14-15-21)29-35-24-13-7-9-20(10-8-18-39-16-5-2-6-17-39)25(24)30(41)40(29)22-11-3-1-4-12-22/h1,3-4,7,9,11-13,21,26H,2,5-6,8,10,14-18H2,(H5,33,34,36,37,38). The average molecular weight is 550 g/mol. The average Bonchev–Trinajstić information content (AvgIpc) is 3.82. The Hall–Kier alpha value is -4.49. The number of para-hydroxylation sites is 1. The second-order valence-electron chi connectivity index (χ2n) is 11.0. The quantitative estimate of drug-likeness (QED) is 0.279. The first-order valence-electron chi connectivity index (χ1n) is 14.5. The molecule has 210 valence electrons. The van der Waals surface area contributed by atoms with Crippen LogP contribution in [0.2, 0.25) is 0 Å². The van der Waals surface area contributed by atoms with E-state index in [4.69, 9.17) is 16.5 Å².